The van der Waals surface area contributed by atoms with E-state index in [0.29, 0.717) is 5.69 Å². The first-order chi connectivity index (χ1) is 6.74. The van der Waals surface area contributed by atoms with Gasteiger partial charge in [-0.05, 0) is 25.0 Å². The highest BCUT2D eigenvalue weighted by Gasteiger charge is 1.98. The smallest absolute Gasteiger partial charge is 0.128 e. The van der Waals surface area contributed by atoms with Crippen molar-refractivity contribution in [3.05, 3.63) is 17.8 Å². The number of unbranched alkanes of at least 4 members (excludes halogenated alkanes) is 1. The van der Waals surface area contributed by atoms with Gasteiger partial charge in [0.2, 0.25) is 0 Å². The Balaban J connectivity index is 2.47. The van der Waals surface area contributed by atoms with Crippen molar-refractivity contribution in [2.75, 3.05) is 17.6 Å². The molecule has 0 spiro atoms. The van der Waals surface area contributed by atoms with Crippen LogP contribution in [0.4, 0.5) is 11.5 Å². The highest BCUT2D eigenvalue weighted by Crippen LogP contribution is 2.13. The number of hydrogen-bond acceptors (Lipinski definition) is 3. The Kier molecular flexibility index (Phi) is 3.81. The molecule has 0 aromatic carbocycles. The zero-order chi connectivity index (χ0) is 10.4. The van der Waals surface area contributed by atoms with Gasteiger partial charge in [-0.3, -0.25) is 0 Å². The van der Waals surface area contributed by atoms with Crippen LogP contribution in [0.25, 0.3) is 0 Å². The number of pyridine rings is 1. The van der Waals surface area contributed by atoms with E-state index in [9.17, 15) is 0 Å². The van der Waals surface area contributed by atoms with Crippen LogP contribution in [0.15, 0.2) is 12.3 Å². The first-order valence-electron chi connectivity index (χ1n) is 4.63. The molecule has 3 heteroatoms. The number of aromatic nitrogens is 1. The SMILES string of the molecule is C#CCCCNc1ncc(N)cc1C. The molecule has 1 aromatic rings. The third-order valence-corrected chi connectivity index (χ3v) is 1.89. The van der Waals surface area contributed by atoms with Crippen molar-refractivity contribution < 1.29 is 0 Å². The molecule has 3 nitrogen and oxygen atoms in total. The van der Waals surface area contributed by atoms with Crippen molar-refractivity contribution in [3.63, 3.8) is 0 Å². The monoisotopic (exact) mass is 189 g/mol. The van der Waals surface area contributed by atoms with Crippen molar-refractivity contribution in [2.24, 2.45) is 0 Å². The summed E-state index contributed by atoms with van der Waals surface area (Å²) in [6.45, 7) is 2.83. The molecule has 0 amide bonds. The fourth-order valence-corrected chi connectivity index (χ4v) is 1.18. The van der Waals surface area contributed by atoms with Crippen LogP contribution in [0.5, 0.6) is 0 Å². The lowest BCUT2D eigenvalue weighted by atomic mass is 10.2. The molecule has 14 heavy (non-hydrogen) atoms. The van der Waals surface area contributed by atoms with Gasteiger partial charge in [0.15, 0.2) is 0 Å². The summed E-state index contributed by atoms with van der Waals surface area (Å²) in [5.41, 5.74) is 7.34. The average molecular weight is 189 g/mol. The number of nitrogens with one attached hydrogen (secondary N) is 1. The van der Waals surface area contributed by atoms with E-state index in [2.05, 4.69) is 16.2 Å². The van der Waals surface area contributed by atoms with Gasteiger partial charge < -0.3 is 11.1 Å². The average Bonchev–Trinajstić information content (AvgIpc) is 2.15. The highest BCUT2D eigenvalue weighted by molar-refractivity contribution is 5.50. The number of rotatable bonds is 4. The van der Waals surface area contributed by atoms with E-state index >= 15 is 0 Å². The standard InChI is InChI=1S/C11H15N3/c1-3-4-5-6-13-11-9(2)7-10(12)8-14-11/h1,7-8H,4-6,12H2,2H3,(H,13,14). The summed E-state index contributed by atoms with van der Waals surface area (Å²) in [5.74, 6) is 3.48. The molecule has 0 aliphatic carbocycles. The maximum Gasteiger partial charge on any atom is 0.128 e. The molecule has 0 saturated heterocycles. The quantitative estimate of drug-likeness (QED) is 0.561. The van der Waals surface area contributed by atoms with Gasteiger partial charge in [0, 0.05) is 13.0 Å². The summed E-state index contributed by atoms with van der Waals surface area (Å²) in [4.78, 5) is 4.19. The lowest BCUT2D eigenvalue weighted by molar-refractivity contribution is 0.899. The van der Waals surface area contributed by atoms with E-state index < -0.39 is 0 Å². The second-order valence-corrected chi connectivity index (χ2v) is 3.17. The highest BCUT2D eigenvalue weighted by atomic mass is 15.0. The normalized spacial score (nSPS) is 9.43. The van der Waals surface area contributed by atoms with Gasteiger partial charge in [0.25, 0.3) is 0 Å². The summed E-state index contributed by atoms with van der Waals surface area (Å²) < 4.78 is 0. The number of nitrogen functional groups attached to an aromatic ring is 1. The van der Waals surface area contributed by atoms with E-state index in [0.717, 1.165) is 30.8 Å². The number of nitrogens with two attached hydrogens (primary N) is 1. The third-order valence-electron chi connectivity index (χ3n) is 1.89. The fourth-order valence-electron chi connectivity index (χ4n) is 1.18. The second-order valence-electron chi connectivity index (χ2n) is 3.17. The molecule has 0 aliphatic rings. The van der Waals surface area contributed by atoms with Crippen LogP contribution in [-0.4, -0.2) is 11.5 Å². The lowest BCUT2D eigenvalue weighted by Crippen LogP contribution is -2.05. The van der Waals surface area contributed by atoms with Crippen LogP contribution in [0.2, 0.25) is 0 Å². The van der Waals surface area contributed by atoms with Gasteiger partial charge in [-0.15, -0.1) is 12.3 Å². The Labute approximate surface area is 84.7 Å². The fraction of sp³-hybridized carbons (Fsp3) is 0.364. The molecule has 0 unspecified atom stereocenters. The molecule has 0 bridgehead atoms. The zero-order valence-electron chi connectivity index (χ0n) is 8.38. The molecule has 1 heterocycles. The first-order valence-corrected chi connectivity index (χ1v) is 4.63. The molecule has 1 rings (SSSR count). The van der Waals surface area contributed by atoms with E-state index in [4.69, 9.17) is 12.2 Å². The molecule has 1 aromatic heterocycles. The third kappa shape index (κ3) is 2.98. The molecule has 0 radical (unpaired) electrons. The maximum atomic E-state index is 5.59. The summed E-state index contributed by atoms with van der Waals surface area (Å²) in [5, 5.41) is 3.21. The molecule has 0 aliphatic heterocycles. The Morgan fingerprint density at radius 2 is 2.43 bits per heavy atom. The van der Waals surface area contributed by atoms with Crippen molar-refractivity contribution >= 4 is 11.5 Å². The predicted molar refractivity (Wildman–Crippen MR) is 59.9 cm³/mol. The van der Waals surface area contributed by atoms with Gasteiger partial charge in [-0.2, -0.15) is 0 Å². The number of anilines is 2. The molecule has 3 N–H and O–H groups in total. The maximum absolute atomic E-state index is 5.59. The largest absolute Gasteiger partial charge is 0.397 e. The van der Waals surface area contributed by atoms with Gasteiger partial charge in [0.1, 0.15) is 5.82 Å². The van der Waals surface area contributed by atoms with E-state index in [-0.39, 0.29) is 0 Å². The first kappa shape index (κ1) is 10.4. The predicted octanol–water partition coefficient (Wildman–Crippen LogP) is 1.80. The molecule has 0 atom stereocenters. The molecule has 74 valence electrons. The van der Waals surface area contributed by atoms with Crippen LogP contribution < -0.4 is 11.1 Å². The van der Waals surface area contributed by atoms with Crippen LogP contribution in [-0.2, 0) is 0 Å². The Morgan fingerprint density at radius 3 is 3.07 bits per heavy atom. The van der Waals surface area contributed by atoms with Crippen LogP contribution in [0, 0.1) is 19.3 Å². The van der Waals surface area contributed by atoms with E-state index in [1.807, 2.05) is 13.0 Å². The summed E-state index contributed by atoms with van der Waals surface area (Å²) in [7, 11) is 0. The Bertz CT molecular complexity index is 339. The number of terminal acetylenes is 1. The van der Waals surface area contributed by atoms with Crippen LogP contribution in [0.3, 0.4) is 0 Å². The summed E-state index contributed by atoms with van der Waals surface area (Å²) >= 11 is 0. The minimum absolute atomic E-state index is 0.691. The summed E-state index contributed by atoms with van der Waals surface area (Å²) in [6.07, 6.45) is 8.55. The van der Waals surface area contributed by atoms with E-state index in [1.54, 1.807) is 6.20 Å². The summed E-state index contributed by atoms with van der Waals surface area (Å²) in [6, 6.07) is 1.90. The van der Waals surface area contributed by atoms with E-state index in [1.165, 1.54) is 0 Å². The van der Waals surface area contributed by atoms with Crippen molar-refractivity contribution in [1.29, 1.82) is 0 Å². The van der Waals surface area contributed by atoms with Crippen molar-refractivity contribution in [2.45, 2.75) is 19.8 Å². The number of hydrogen-bond donors (Lipinski definition) is 2. The van der Waals surface area contributed by atoms with Crippen molar-refractivity contribution in [3.8, 4) is 12.3 Å². The molecular formula is C11H15N3. The van der Waals surface area contributed by atoms with Gasteiger partial charge in [0.05, 0.1) is 11.9 Å². The Hall–Kier alpha value is -1.69. The molecular weight excluding hydrogens is 174 g/mol. The minimum atomic E-state index is 0.691. The Morgan fingerprint density at radius 1 is 1.64 bits per heavy atom. The second kappa shape index (κ2) is 5.13. The topological polar surface area (TPSA) is 50.9 Å². The number of nitrogens with zero attached hydrogens (tertiary/aromatic N) is 1. The lowest BCUT2D eigenvalue weighted by Gasteiger charge is -2.07. The van der Waals surface area contributed by atoms with Crippen LogP contribution >= 0.6 is 0 Å². The zero-order valence-corrected chi connectivity index (χ0v) is 8.38. The van der Waals surface area contributed by atoms with Crippen LogP contribution in [0.1, 0.15) is 18.4 Å². The van der Waals surface area contributed by atoms with Crippen molar-refractivity contribution in [1.82, 2.24) is 4.98 Å². The molecule has 0 saturated carbocycles. The van der Waals surface area contributed by atoms with Gasteiger partial charge in [-0.1, -0.05) is 0 Å². The van der Waals surface area contributed by atoms with Gasteiger partial charge in [-0.25, -0.2) is 4.98 Å². The minimum Gasteiger partial charge on any atom is -0.397 e. The molecule has 0 fully saturated rings. The van der Waals surface area contributed by atoms with Gasteiger partial charge >= 0.3 is 0 Å². The number of aryl methyl sites for hydroxylation is 1.